The molecule has 42 heavy (non-hydrogen) atoms. The summed E-state index contributed by atoms with van der Waals surface area (Å²) < 4.78 is 37.7. The highest BCUT2D eigenvalue weighted by molar-refractivity contribution is 9.10. The Kier molecular flexibility index (Phi) is 10.8. The van der Waals surface area contributed by atoms with Crippen LogP contribution in [0.25, 0.3) is 0 Å². The third-order valence-electron chi connectivity index (χ3n) is 9.71. The summed E-state index contributed by atoms with van der Waals surface area (Å²) in [6.45, 7) is 8.11. The minimum Gasteiger partial charge on any atom is -0.385 e. The molecule has 0 radical (unpaired) electrons. The molecular weight excluding hydrogens is 618 g/mol. The second-order valence-electron chi connectivity index (χ2n) is 12.5. The summed E-state index contributed by atoms with van der Waals surface area (Å²) >= 11 is 3.48. The number of ether oxygens (including phenoxy) is 1. The number of methoxy groups -OCH3 is 1. The van der Waals surface area contributed by atoms with Gasteiger partial charge in [0.05, 0.1) is 18.8 Å². The SMILES string of the molecule is CCCCN(Cc1cccn1Cc1ccc(Br)cc1)C(=O)CN(CCCOC)S(=O)(=O)CC12CCC(CC1=O)C2(C)C. The van der Waals surface area contributed by atoms with Crippen LogP contribution in [0.5, 0.6) is 0 Å². The average molecular weight is 665 g/mol. The highest BCUT2D eigenvalue weighted by Gasteiger charge is 2.65. The van der Waals surface area contributed by atoms with Crippen LogP contribution in [0, 0.1) is 16.7 Å². The van der Waals surface area contributed by atoms with E-state index in [1.165, 1.54) is 4.31 Å². The van der Waals surface area contributed by atoms with Crippen molar-refractivity contribution in [2.24, 2.45) is 16.7 Å². The van der Waals surface area contributed by atoms with Crippen molar-refractivity contribution < 1.29 is 22.7 Å². The normalized spacial score (nSPS) is 21.4. The van der Waals surface area contributed by atoms with E-state index in [-0.39, 0.29) is 41.9 Å². The lowest BCUT2D eigenvalue weighted by Crippen LogP contribution is -2.49. The number of benzene rings is 1. The van der Waals surface area contributed by atoms with Gasteiger partial charge in [-0.25, -0.2) is 8.42 Å². The summed E-state index contributed by atoms with van der Waals surface area (Å²) in [4.78, 5) is 28.8. The van der Waals surface area contributed by atoms with Crippen LogP contribution in [0.4, 0.5) is 0 Å². The first kappa shape index (κ1) is 32.9. The molecule has 0 N–H and O–H groups in total. The number of amides is 1. The number of hydrogen-bond acceptors (Lipinski definition) is 5. The standard InChI is InChI=1S/C32H46BrN3O5S/c1-5-6-16-35(22-28-9-7-17-34(28)21-25-10-12-27(33)13-11-25)30(38)23-36(18-8-19-41-4)42(39,40)24-32-15-14-26(20-29(32)37)31(32,2)3/h7,9-13,17,26H,5-6,8,14-16,18-24H2,1-4H3. The second kappa shape index (κ2) is 13.7. The molecule has 2 saturated carbocycles. The van der Waals surface area contributed by atoms with Crippen molar-refractivity contribution in [3.8, 4) is 0 Å². The van der Waals surface area contributed by atoms with E-state index in [4.69, 9.17) is 4.74 Å². The van der Waals surface area contributed by atoms with Gasteiger partial charge in [-0.3, -0.25) is 9.59 Å². The maximum atomic E-state index is 14.0. The van der Waals surface area contributed by atoms with E-state index in [0.29, 0.717) is 45.5 Å². The molecule has 0 aliphatic heterocycles. The van der Waals surface area contributed by atoms with Gasteiger partial charge >= 0.3 is 0 Å². The molecule has 2 bridgehead atoms. The van der Waals surface area contributed by atoms with E-state index < -0.39 is 15.4 Å². The maximum absolute atomic E-state index is 14.0. The number of rotatable bonds is 16. The van der Waals surface area contributed by atoms with E-state index in [1.54, 1.807) is 12.0 Å². The van der Waals surface area contributed by atoms with Gasteiger partial charge in [-0.15, -0.1) is 0 Å². The van der Waals surface area contributed by atoms with Crippen LogP contribution < -0.4 is 0 Å². The highest BCUT2D eigenvalue weighted by Crippen LogP contribution is 2.64. The number of nitrogens with zero attached hydrogens (tertiary/aromatic N) is 3. The van der Waals surface area contributed by atoms with Crippen LogP contribution in [-0.2, 0) is 37.4 Å². The Labute approximate surface area is 260 Å². The minimum atomic E-state index is -3.90. The summed E-state index contributed by atoms with van der Waals surface area (Å²) in [5, 5.41) is 0. The van der Waals surface area contributed by atoms with Gasteiger partial charge in [0.15, 0.2) is 0 Å². The van der Waals surface area contributed by atoms with E-state index in [2.05, 4.69) is 39.6 Å². The first-order chi connectivity index (χ1) is 19.9. The fourth-order valence-corrected chi connectivity index (χ4v) is 9.30. The number of Topliss-reactive ketones (excluding diaryl/α,β-unsaturated/α-hetero) is 1. The first-order valence-electron chi connectivity index (χ1n) is 15.1. The van der Waals surface area contributed by atoms with Gasteiger partial charge in [0.25, 0.3) is 0 Å². The van der Waals surface area contributed by atoms with Gasteiger partial charge in [-0.2, -0.15) is 4.31 Å². The lowest BCUT2D eigenvalue weighted by molar-refractivity contribution is -0.132. The van der Waals surface area contributed by atoms with Crippen LogP contribution in [0.2, 0.25) is 0 Å². The third-order valence-corrected chi connectivity index (χ3v) is 12.2. The van der Waals surface area contributed by atoms with Gasteiger partial charge in [-0.1, -0.05) is 55.3 Å². The van der Waals surface area contributed by atoms with Crippen LogP contribution in [0.1, 0.15) is 70.6 Å². The van der Waals surface area contributed by atoms with Crippen molar-refractivity contribution in [1.82, 2.24) is 13.8 Å². The molecular formula is C32H46BrN3O5S. The van der Waals surface area contributed by atoms with Gasteiger partial charge < -0.3 is 14.2 Å². The summed E-state index contributed by atoms with van der Waals surface area (Å²) in [5.41, 5.74) is 0.891. The summed E-state index contributed by atoms with van der Waals surface area (Å²) in [6.07, 6.45) is 6.15. The van der Waals surface area contributed by atoms with Crippen molar-refractivity contribution in [2.45, 2.75) is 72.4 Å². The molecule has 4 rings (SSSR count). The first-order valence-corrected chi connectivity index (χ1v) is 17.5. The number of aromatic nitrogens is 1. The van der Waals surface area contributed by atoms with Crippen molar-refractivity contribution in [1.29, 1.82) is 0 Å². The monoisotopic (exact) mass is 663 g/mol. The predicted molar refractivity (Wildman–Crippen MR) is 168 cm³/mol. The molecule has 232 valence electrons. The summed E-state index contributed by atoms with van der Waals surface area (Å²) in [6, 6.07) is 12.2. The molecule has 2 aliphatic carbocycles. The number of fused-ring (bicyclic) bond motifs is 2. The number of sulfonamides is 1. The molecule has 1 amide bonds. The number of hydrogen-bond donors (Lipinski definition) is 0. The Morgan fingerprint density at radius 1 is 1.14 bits per heavy atom. The van der Waals surface area contributed by atoms with Gasteiger partial charge in [0.1, 0.15) is 5.78 Å². The topological polar surface area (TPSA) is 88.9 Å². The van der Waals surface area contributed by atoms with Crippen LogP contribution in [-0.4, -0.2) is 73.0 Å². The number of unbranched alkanes of at least 4 members (excludes halogenated alkanes) is 1. The molecule has 2 atom stereocenters. The lowest BCUT2D eigenvalue weighted by Gasteiger charge is -2.38. The molecule has 2 aromatic rings. The molecule has 10 heteroatoms. The van der Waals surface area contributed by atoms with Crippen molar-refractivity contribution in [3.05, 3.63) is 58.3 Å². The molecule has 2 fully saturated rings. The zero-order valence-corrected chi connectivity index (χ0v) is 27.9. The second-order valence-corrected chi connectivity index (χ2v) is 15.4. The van der Waals surface area contributed by atoms with Crippen LogP contribution >= 0.6 is 15.9 Å². The minimum absolute atomic E-state index is 0.0617. The van der Waals surface area contributed by atoms with E-state index in [0.717, 1.165) is 35.0 Å². The summed E-state index contributed by atoms with van der Waals surface area (Å²) in [7, 11) is -2.32. The molecule has 1 aromatic heterocycles. The Bertz CT molecular complexity index is 1340. The average Bonchev–Trinajstić information content (AvgIpc) is 3.53. The molecule has 0 saturated heterocycles. The van der Waals surface area contributed by atoms with Crippen molar-refractivity contribution in [3.63, 3.8) is 0 Å². The number of carbonyl (C=O) groups excluding carboxylic acids is 2. The molecule has 1 aromatic carbocycles. The van der Waals surface area contributed by atoms with E-state index >= 15 is 0 Å². The Balaban J connectivity index is 1.53. The molecule has 1 heterocycles. The largest absolute Gasteiger partial charge is 0.385 e. The molecule has 0 spiro atoms. The molecule has 2 unspecified atom stereocenters. The number of carbonyl (C=O) groups is 2. The zero-order valence-electron chi connectivity index (χ0n) is 25.5. The van der Waals surface area contributed by atoms with Crippen LogP contribution in [0.3, 0.4) is 0 Å². The van der Waals surface area contributed by atoms with Gasteiger partial charge in [0.2, 0.25) is 15.9 Å². The zero-order chi connectivity index (χ0) is 30.5. The maximum Gasteiger partial charge on any atom is 0.238 e. The Morgan fingerprint density at radius 2 is 1.88 bits per heavy atom. The smallest absolute Gasteiger partial charge is 0.238 e. The van der Waals surface area contributed by atoms with Crippen LogP contribution in [0.15, 0.2) is 47.1 Å². The number of halogens is 1. The quantitative estimate of drug-likeness (QED) is 0.222. The Hall–Kier alpha value is -2.01. The van der Waals surface area contributed by atoms with E-state index in [9.17, 15) is 18.0 Å². The fraction of sp³-hybridized carbons (Fsp3) is 0.625. The number of ketones is 1. The third kappa shape index (κ3) is 7.03. The summed E-state index contributed by atoms with van der Waals surface area (Å²) in [5.74, 6) is -0.165. The Morgan fingerprint density at radius 3 is 2.50 bits per heavy atom. The fourth-order valence-electron chi connectivity index (χ4n) is 6.83. The van der Waals surface area contributed by atoms with Crippen molar-refractivity contribution in [2.75, 3.05) is 39.1 Å². The van der Waals surface area contributed by atoms with E-state index in [1.807, 2.05) is 44.3 Å². The lowest BCUT2D eigenvalue weighted by atomic mass is 9.70. The van der Waals surface area contributed by atoms with Gasteiger partial charge in [-0.05, 0) is 66.8 Å². The van der Waals surface area contributed by atoms with Gasteiger partial charge in [0, 0.05) is 61.6 Å². The molecule has 8 nitrogen and oxygen atoms in total. The highest BCUT2D eigenvalue weighted by atomic mass is 79.9. The van der Waals surface area contributed by atoms with Crippen molar-refractivity contribution >= 4 is 37.6 Å². The predicted octanol–water partition coefficient (Wildman–Crippen LogP) is 5.49. The molecule has 2 aliphatic rings.